The Morgan fingerprint density at radius 1 is 1.03 bits per heavy atom. The first-order valence-corrected chi connectivity index (χ1v) is 12.9. The summed E-state index contributed by atoms with van der Waals surface area (Å²) in [5.74, 6) is -0.316. The van der Waals surface area contributed by atoms with Crippen LogP contribution in [0.4, 0.5) is 0 Å². The van der Waals surface area contributed by atoms with Crippen LogP contribution < -0.4 is 22.5 Å². The number of aliphatic imine (C=N–C) groups is 1. The number of aliphatic hydroxyl groups excluding tert-OH is 3. The van der Waals surface area contributed by atoms with Crippen LogP contribution in [-0.4, -0.2) is 52.0 Å². The predicted molar refractivity (Wildman–Crippen MR) is 137 cm³/mol. The average molecular weight is 729 g/mol. The number of carbonyl (C=O) groups excluding carboxylic acids is 1. The van der Waals surface area contributed by atoms with E-state index in [2.05, 4.69) is 25.8 Å². The first kappa shape index (κ1) is 36.7. The predicted octanol–water partition coefficient (Wildman–Crippen LogP) is 1.62. The summed E-state index contributed by atoms with van der Waals surface area (Å²) in [5, 5.41) is 55.6. The number of fused-ring (bicyclic) bond motifs is 5. The number of carboxylic acids is 1. The molecule has 11 atom stereocenters. The van der Waals surface area contributed by atoms with Crippen molar-refractivity contribution in [2.45, 2.75) is 96.9 Å². The molecule has 4 aliphatic rings. The number of aliphatic hydroxyl groups is 3. The number of nitrogens with zero attached hydrogens (tertiary/aromatic N) is 1. The zero-order chi connectivity index (χ0) is 24.1. The molecule has 0 saturated heterocycles. The third-order valence-corrected chi connectivity index (χ3v) is 10.7. The molecule has 9 N–H and O–H groups in total. The fourth-order valence-corrected chi connectivity index (χ4v) is 8.92. The van der Waals surface area contributed by atoms with E-state index < -0.39 is 30.6 Å². The number of rotatable bonds is 6. The SMILES string of the molecule is CC(CCC([O-])=NCC(=O)[O-])C1CCC2C3C(O)CC4CC(O)CCC4(C)C3CC(O)C12C.Cl.N.N.[Pt+2]. The van der Waals surface area contributed by atoms with Crippen molar-refractivity contribution in [2.75, 3.05) is 6.54 Å². The van der Waals surface area contributed by atoms with Crippen LogP contribution in [0, 0.1) is 46.3 Å². The Bertz CT molecular complexity index is 793. The molecule has 0 spiro atoms. The summed E-state index contributed by atoms with van der Waals surface area (Å²) in [5.41, 5.74) is -0.244. The van der Waals surface area contributed by atoms with Gasteiger partial charge in [0.05, 0.1) is 30.8 Å². The molecular weight excluding hydrogens is 681 g/mol. The molecule has 9 nitrogen and oxygen atoms in total. The van der Waals surface area contributed by atoms with Crippen molar-refractivity contribution in [1.29, 1.82) is 0 Å². The molecule has 0 aromatic heterocycles. The van der Waals surface area contributed by atoms with Gasteiger partial charge in [-0.1, -0.05) is 20.8 Å². The summed E-state index contributed by atoms with van der Waals surface area (Å²) >= 11 is 0. The van der Waals surface area contributed by atoms with Gasteiger partial charge in [-0.15, -0.1) is 12.4 Å². The van der Waals surface area contributed by atoms with Crippen LogP contribution in [-0.2, 0) is 25.9 Å². The van der Waals surface area contributed by atoms with E-state index in [-0.39, 0.29) is 98.7 Å². The average Bonchev–Trinajstić information content (AvgIpc) is 3.11. The van der Waals surface area contributed by atoms with E-state index in [0.29, 0.717) is 18.8 Å². The Labute approximate surface area is 242 Å². The van der Waals surface area contributed by atoms with E-state index in [4.69, 9.17) is 0 Å². The normalized spacial score (nSPS) is 43.2. The molecule has 4 fully saturated rings. The first-order chi connectivity index (χ1) is 15.5. The number of aliphatic carboxylic acids is 1. The van der Waals surface area contributed by atoms with Gasteiger partial charge >= 0.3 is 21.1 Å². The van der Waals surface area contributed by atoms with Gasteiger partial charge in [0, 0.05) is 0 Å². The summed E-state index contributed by atoms with van der Waals surface area (Å²) in [7, 11) is 0. The molecular formula is C26H48ClN3O6Pt. The van der Waals surface area contributed by atoms with Gasteiger partial charge < -0.3 is 42.6 Å². The van der Waals surface area contributed by atoms with Crippen molar-refractivity contribution in [1.82, 2.24) is 12.3 Å². The van der Waals surface area contributed by atoms with Gasteiger partial charge in [-0.25, -0.2) is 0 Å². The summed E-state index contributed by atoms with van der Waals surface area (Å²) in [6.45, 7) is 6.06. The van der Waals surface area contributed by atoms with Crippen LogP contribution in [0.2, 0.25) is 0 Å². The van der Waals surface area contributed by atoms with Gasteiger partial charge in [0.25, 0.3) is 0 Å². The second kappa shape index (κ2) is 13.9. The summed E-state index contributed by atoms with van der Waals surface area (Å²) in [6.07, 6.45) is 5.61. The second-order valence-corrected chi connectivity index (χ2v) is 12.1. The van der Waals surface area contributed by atoms with Crippen molar-refractivity contribution in [3.63, 3.8) is 0 Å². The summed E-state index contributed by atoms with van der Waals surface area (Å²) in [4.78, 5) is 14.1. The van der Waals surface area contributed by atoms with Gasteiger partial charge in [-0.2, -0.15) is 0 Å². The Morgan fingerprint density at radius 2 is 1.68 bits per heavy atom. The molecule has 220 valence electrons. The molecule has 4 saturated carbocycles. The number of hydrogen-bond acceptors (Lipinski definition) is 9. The Balaban J connectivity index is 0.00000324. The van der Waals surface area contributed by atoms with Crippen LogP contribution in [0.1, 0.15) is 78.6 Å². The smallest absolute Gasteiger partial charge is 0.862 e. The van der Waals surface area contributed by atoms with Crippen LogP contribution in [0.5, 0.6) is 0 Å². The first-order valence-electron chi connectivity index (χ1n) is 12.9. The fourth-order valence-electron chi connectivity index (χ4n) is 8.92. The van der Waals surface area contributed by atoms with Crippen molar-refractivity contribution in [2.24, 2.45) is 51.3 Å². The summed E-state index contributed by atoms with van der Waals surface area (Å²) in [6, 6.07) is 0. The largest absolute Gasteiger partial charge is 2.00 e. The number of halogens is 1. The Hall–Kier alpha value is -0.282. The minimum atomic E-state index is -1.35. The molecule has 0 heterocycles. The molecule has 11 unspecified atom stereocenters. The van der Waals surface area contributed by atoms with Gasteiger partial charge in [0.1, 0.15) is 0 Å². The molecule has 0 aromatic rings. The maximum absolute atomic E-state index is 12.0. The standard InChI is InChI=1S/C26H43NO6.ClH.2H3N.Pt/c1-14(4-7-22(31)27-13-23(32)33)17-5-6-18-24-19(12-21(30)26(17,18)3)25(2)9-8-16(28)10-15(25)11-20(24)29;;;;/h14-21,24,28-30H,4-13H2,1-3H3,(H,27,31)(H,32,33);1H;2*1H3;/q;;;;+2/p-2. The van der Waals surface area contributed by atoms with Crippen molar-refractivity contribution < 1.29 is 51.4 Å². The van der Waals surface area contributed by atoms with Gasteiger partial charge in [0.15, 0.2) is 0 Å². The van der Waals surface area contributed by atoms with Crippen LogP contribution in [0.25, 0.3) is 0 Å². The van der Waals surface area contributed by atoms with E-state index in [9.17, 15) is 30.3 Å². The van der Waals surface area contributed by atoms with E-state index in [0.717, 1.165) is 38.5 Å². The fraction of sp³-hybridized carbons (Fsp3) is 0.923. The maximum Gasteiger partial charge on any atom is 2.00 e. The minimum absolute atomic E-state index is 0. The van der Waals surface area contributed by atoms with Crippen LogP contribution in [0.3, 0.4) is 0 Å². The van der Waals surface area contributed by atoms with Gasteiger partial charge in [-0.05, 0) is 110 Å². The summed E-state index contributed by atoms with van der Waals surface area (Å²) < 4.78 is 0. The van der Waals surface area contributed by atoms with Crippen molar-refractivity contribution >= 4 is 24.3 Å². The van der Waals surface area contributed by atoms with Crippen LogP contribution >= 0.6 is 12.4 Å². The third kappa shape index (κ3) is 6.55. The maximum atomic E-state index is 12.0. The topological polar surface area (TPSA) is 206 Å². The molecule has 11 heteroatoms. The molecule has 0 aliphatic heterocycles. The molecule has 4 rings (SSSR count). The zero-order valence-electron chi connectivity index (χ0n) is 22.4. The van der Waals surface area contributed by atoms with E-state index in [1.807, 2.05) is 0 Å². The molecule has 0 aromatic carbocycles. The minimum Gasteiger partial charge on any atom is -0.862 e. The zero-order valence-corrected chi connectivity index (χ0v) is 25.5. The van der Waals surface area contributed by atoms with Gasteiger partial charge in [-0.3, -0.25) is 4.99 Å². The number of carboxylic acid groups (broad SMARTS) is 1. The van der Waals surface area contributed by atoms with Gasteiger partial charge in [0.2, 0.25) is 0 Å². The van der Waals surface area contributed by atoms with Crippen molar-refractivity contribution in [3.05, 3.63) is 0 Å². The number of hydrogen-bond donors (Lipinski definition) is 5. The van der Waals surface area contributed by atoms with Crippen molar-refractivity contribution in [3.8, 4) is 0 Å². The number of carbonyl (C=O) groups is 1. The quantitative estimate of drug-likeness (QED) is 0.200. The molecule has 0 bridgehead atoms. The van der Waals surface area contributed by atoms with E-state index in [1.54, 1.807) is 0 Å². The molecule has 0 radical (unpaired) electrons. The molecule has 4 aliphatic carbocycles. The Morgan fingerprint density at radius 3 is 2.30 bits per heavy atom. The molecule has 37 heavy (non-hydrogen) atoms. The Kier molecular flexibility index (Phi) is 13.8. The second-order valence-electron chi connectivity index (χ2n) is 12.1. The van der Waals surface area contributed by atoms with E-state index in [1.165, 1.54) is 0 Å². The molecule has 0 amide bonds. The van der Waals surface area contributed by atoms with Crippen LogP contribution in [0.15, 0.2) is 4.99 Å². The third-order valence-electron chi connectivity index (χ3n) is 10.7. The van der Waals surface area contributed by atoms with E-state index >= 15 is 0 Å². The monoisotopic (exact) mass is 728 g/mol.